The maximum Gasteiger partial charge on any atom is 0.143 e. The molecule has 1 heterocycles. The van der Waals surface area contributed by atoms with E-state index < -0.39 is 0 Å². The van der Waals surface area contributed by atoms with Gasteiger partial charge in [0.05, 0.1) is 5.69 Å². The molecule has 0 saturated carbocycles. The van der Waals surface area contributed by atoms with E-state index in [-0.39, 0.29) is 5.78 Å². The van der Waals surface area contributed by atoms with E-state index in [1.54, 1.807) is 0 Å². The Kier molecular flexibility index (Phi) is 4.00. The third-order valence-electron chi connectivity index (χ3n) is 3.04. The second-order valence-corrected chi connectivity index (χ2v) is 4.73. The first kappa shape index (κ1) is 13.3. The smallest absolute Gasteiger partial charge is 0.143 e. The molecule has 2 N–H and O–H groups in total. The molecule has 0 saturated heterocycles. The van der Waals surface area contributed by atoms with Crippen molar-refractivity contribution in [1.29, 1.82) is 0 Å². The summed E-state index contributed by atoms with van der Waals surface area (Å²) in [4.78, 5) is 12.1. The molecular weight excluding hydrogens is 238 g/mol. The summed E-state index contributed by atoms with van der Waals surface area (Å²) in [5.41, 5.74) is 9.28. The Bertz CT molecular complexity index is 570. The van der Waals surface area contributed by atoms with Crippen LogP contribution >= 0.6 is 0 Å². The number of Topliss-reactive ketones (excluding diaryl/α,β-unsaturated/α-hetero) is 1. The van der Waals surface area contributed by atoms with Gasteiger partial charge in [0, 0.05) is 30.8 Å². The third-order valence-corrected chi connectivity index (χ3v) is 3.04. The van der Waals surface area contributed by atoms with Crippen LogP contribution in [0.3, 0.4) is 0 Å². The molecular formula is C15H19N3O. The molecule has 100 valence electrons. The summed E-state index contributed by atoms with van der Waals surface area (Å²) < 4.78 is 1.89. The van der Waals surface area contributed by atoms with Crippen LogP contribution in [0.1, 0.15) is 23.9 Å². The van der Waals surface area contributed by atoms with E-state index in [1.165, 1.54) is 0 Å². The first-order valence-corrected chi connectivity index (χ1v) is 6.48. The molecule has 0 spiro atoms. The lowest BCUT2D eigenvalue weighted by atomic mass is 10.1. The highest BCUT2D eigenvalue weighted by molar-refractivity contribution is 5.82. The van der Waals surface area contributed by atoms with Gasteiger partial charge in [-0.25, -0.2) is 0 Å². The van der Waals surface area contributed by atoms with Gasteiger partial charge in [-0.1, -0.05) is 12.1 Å². The highest BCUT2D eigenvalue weighted by Crippen LogP contribution is 2.10. The number of nitrogen functional groups attached to an aromatic ring is 1. The molecule has 0 aliphatic rings. The number of hydrogen-bond acceptors (Lipinski definition) is 3. The molecule has 0 radical (unpaired) electrons. The highest BCUT2D eigenvalue weighted by Gasteiger charge is 2.10. The molecule has 19 heavy (non-hydrogen) atoms. The fourth-order valence-corrected chi connectivity index (χ4v) is 2.14. The summed E-state index contributed by atoms with van der Waals surface area (Å²) in [6, 6.07) is 9.42. The number of benzene rings is 1. The number of nitrogens with two attached hydrogens (primary N) is 1. The van der Waals surface area contributed by atoms with Crippen LogP contribution in [0.5, 0.6) is 0 Å². The van der Waals surface area contributed by atoms with Gasteiger partial charge < -0.3 is 5.73 Å². The van der Waals surface area contributed by atoms with Crippen LogP contribution in [0.2, 0.25) is 0 Å². The summed E-state index contributed by atoms with van der Waals surface area (Å²) in [6.45, 7) is 4.76. The van der Waals surface area contributed by atoms with Crippen LogP contribution in [-0.4, -0.2) is 15.6 Å². The van der Waals surface area contributed by atoms with Gasteiger partial charge in [0.2, 0.25) is 0 Å². The molecule has 1 aromatic heterocycles. The lowest BCUT2D eigenvalue weighted by molar-refractivity contribution is -0.117. The standard InChI is InChI=1S/C15H19N3O/c1-3-18-14(8-11(2)17-18)10-15(19)9-12-4-6-13(16)7-5-12/h4-8H,3,9-10,16H2,1-2H3. The minimum Gasteiger partial charge on any atom is -0.399 e. The number of aromatic nitrogens is 2. The highest BCUT2D eigenvalue weighted by atomic mass is 16.1. The largest absolute Gasteiger partial charge is 0.399 e. The monoisotopic (exact) mass is 257 g/mol. The van der Waals surface area contributed by atoms with E-state index in [1.807, 2.05) is 48.9 Å². The van der Waals surface area contributed by atoms with E-state index in [9.17, 15) is 4.79 Å². The van der Waals surface area contributed by atoms with Gasteiger partial charge in [0.25, 0.3) is 0 Å². The van der Waals surface area contributed by atoms with Crippen molar-refractivity contribution < 1.29 is 4.79 Å². The van der Waals surface area contributed by atoms with E-state index in [0.717, 1.165) is 29.2 Å². The third kappa shape index (κ3) is 3.44. The lowest BCUT2D eigenvalue weighted by Gasteiger charge is -2.04. The van der Waals surface area contributed by atoms with E-state index in [0.29, 0.717) is 12.8 Å². The minimum absolute atomic E-state index is 0.194. The number of nitrogens with zero attached hydrogens (tertiary/aromatic N) is 2. The summed E-state index contributed by atoms with van der Waals surface area (Å²) in [5.74, 6) is 0.194. The van der Waals surface area contributed by atoms with Crippen LogP contribution in [0.15, 0.2) is 30.3 Å². The van der Waals surface area contributed by atoms with Gasteiger partial charge in [-0.2, -0.15) is 5.10 Å². The molecule has 0 bridgehead atoms. The molecule has 0 unspecified atom stereocenters. The normalized spacial score (nSPS) is 10.6. The van der Waals surface area contributed by atoms with Gasteiger partial charge in [-0.15, -0.1) is 0 Å². The van der Waals surface area contributed by atoms with Crippen molar-refractivity contribution >= 4 is 11.5 Å². The fraction of sp³-hybridized carbons (Fsp3) is 0.333. The van der Waals surface area contributed by atoms with Crippen molar-refractivity contribution in [3.63, 3.8) is 0 Å². The number of ketones is 1. The maximum atomic E-state index is 12.1. The maximum absolute atomic E-state index is 12.1. The Balaban J connectivity index is 2.03. The van der Waals surface area contributed by atoms with Crippen molar-refractivity contribution in [3.8, 4) is 0 Å². The molecule has 0 aliphatic carbocycles. The van der Waals surface area contributed by atoms with Crippen molar-refractivity contribution in [3.05, 3.63) is 47.3 Å². The Morgan fingerprint density at radius 3 is 2.58 bits per heavy atom. The van der Waals surface area contributed by atoms with Crippen molar-refractivity contribution in [2.45, 2.75) is 33.2 Å². The van der Waals surface area contributed by atoms with Gasteiger partial charge in [-0.3, -0.25) is 9.48 Å². The van der Waals surface area contributed by atoms with Crippen molar-refractivity contribution in [2.75, 3.05) is 5.73 Å². The Morgan fingerprint density at radius 1 is 1.26 bits per heavy atom. The van der Waals surface area contributed by atoms with E-state index in [4.69, 9.17) is 5.73 Å². The Morgan fingerprint density at radius 2 is 1.95 bits per heavy atom. The molecule has 0 amide bonds. The first-order chi connectivity index (χ1) is 9.08. The summed E-state index contributed by atoms with van der Waals surface area (Å²) in [5, 5.41) is 4.35. The quantitative estimate of drug-likeness (QED) is 0.835. The van der Waals surface area contributed by atoms with Gasteiger partial charge in [0.15, 0.2) is 0 Å². The number of hydrogen-bond donors (Lipinski definition) is 1. The summed E-state index contributed by atoms with van der Waals surface area (Å²) in [6.07, 6.45) is 0.868. The molecule has 2 aromatic rings. The first-order valence-electron chi connectivity index (χ1n) is 6.48. The average molecular weight is 257 g/mol. The minimum atomic E-state index is 0.194. The van der Waals surface area contributed by atoms with Crippen LogP contribution in [0.4, 0.5) is 5.69 Å². The number of carbonyl (C=O) groups is 1. The average Bonchev–Trinajstić information content (AvgIpc) is 2.72. The Labute approximate surface area is 113 Å². The molecule has 1 aromatic carbocycles. The number of aryl methyl sites for hydroxylation is 2. The second kappa shape index (κ2) is 5.69. The zero-order valence-corrected chi connectivity index (χ0v) is 11.4. The molecule has 0 aliphatic heterocycles. The number of rotatable bonds is 5. The molecule has 4 heteroatoms. The zero-order valence-electron chi connectivity index (χ0n) is 11.4. The van der Waals surface area contributed by atoms with Crippen LogP contribution in [0.25, 0.3) is 0 Å². The van der Waals surface area contributed by atoms with Crippen molar-refractivity contribution in [1.82, 2.24) is 9.78 Å². The molecule has 0 fully saturated rings. The number of carbonyl (C=O) groups excluding carboxylic acids is 1. The lowest BCUT2D eigenvalue weighted by Crippen LogP contribution is -2.11. The van der Waals surface area contributed by atoms with E-state index in [2.05, 4.69) is 5.10 Å². The second-order valence-electron chi connectivity index (χ2n) is 4.73. The molecule has 4 nitrogen and oxygen atoms in total. The van der Waals surface area contributed by atoms with Crippen LogP contribution in [0, 0.1) is 6.92 Å². The van der Waals surface area contributed by atoms with Crippen LogP contribution in [-0.2, 0) is 24.2 Å². The summed E-state index contributed by atoms with van der Waals surface area (Å²) >= 11 is 0. The predicted octanol–water partition coefficient (Wildman–Crippen LogP) is 2.15. The topological polar surface area (TPSA) is 60.9 Å². The van der Waals surface area contributed by atoms with Crippen LogP contribution < -0.4 is 5.73 Å². The Hall–Kier alpha value is -2.10. The van der Waals surface area contributed by atoms with Gasteiger partial charge >= 0.3 is 0 Å². The molecule has 2 rings (SSSR count). The summed E-state index contributed by atoms with van der Waals surface area (Å²) in [7, 11) is 0. The van der Waals surface area contributed by atoms with E-state index >= 15 is 0 Å². The zero-order chi connectivity index (χ0) is 13.8. The SMILES string of the molecule is CCn1nc(C)cc1CC(=O)Cc1ccc(N)cc1. The fourth-order valence-electron chi connectivity index (χ4n) is 2.14. The van der Waals surface area contributed by atoms with Gasteiger partial charge in [-0.05, 0) is 37.6 Å². The van der Waals surface area contributed by atoms with Gasteiger partial charge in [0.1, 0.15) is 5.78 Å². The number of anilines is 1. The van der Waals surface area contributed by atoms with Crippen molar-refractivity contribution in [2.24, 2.45) is 0 Å². The predicted molar refractivity (Wildman–Crippen MR) is 75.9 cm³/mol. The molecule has 0 atom stereocenters.